The maximum Gasteiger partial charge on any atom is 0.161 e. The number of hydrogen-bond donors (Lipinski definition) is 0. The summed E-state index contributed by atoms with van der Waals surface area (Å²) in [5.41, 5.74) is 2.34. The molecule has 1 atom stereocenters. The van der Waals surface area contributed by atoms with Gasteiger partial charge in [0.05, 0.1) is 19.0 Å². The SMILES string of the molecule is COc1cc(Br)c(C(Br)c2ccccc2SC)cc1OC. The number of thioether (sulfide) groups is 1. The molecular formula is C16H16Br2O2S. The number of halogens is 2. The summed E-state index contributed by atoms with van der Waals surface area (Å²) >= 11 is 9.17. The largest absolute Gasteiger partial charge is 0.493 e. The molecule has 5 heteroatoms. The van der Waals surface area contributed by atoms with E-state index in [1.54, 1.807) is 26.0 Å². The van der Waals surface area contributed by atoms with Crippen LogP contribution in [0.4, 0.5) is 0 Å². The molecule has 2 aromatic rings. The number of rotatable bonds is 5. The zero-order chi connectivity index (χ0) is 15.4. The second kappa shape index (κ2) is 7.56. The molecule has 0 aromatic heterocycles. The summed E-state index contributed by atoms with van der Waals surface area (Å²) in [5, 5.41) is 0. The molecule has 0 spiro atoms. The van der Waals surface area contributed by atoms with Gasteiger partial charge in [0.15, 0.2) is 11.5 Å². The molecular weight excluding hydrogens is 416 g/mol. The van der Waals surface area contributed by atoms with Crippen molar-refractivity contribution in [3.05, 3.63) is 52.0 Å². The van der Waals surface area contributed by atoms with E-state index >= 15 is 0 Å². The van der Waals surface area contributed by atoms with Crippen molar-refractivity contribution in [2.24, 2.45) is 0 Å². The van der Waals surface area contributed by atoms with E-state index in [1.165, 1.54) is 10.5 Å². The van der Waals surface area contributed by atoms with Crippen molar-refractivity contribution in [1.82, 2.24) is 0 Å². The molecule has 0 saturated heterocycles. The van der Waals surface area contributed by atoms with Crippen LogP contribution in [0.2, 0.25) is 0 Å². The highest BCUT2D eigenvalue weighted by Gasteiger charge is 2.19. The minimum Gasteiger partial charge on any atom is -0.493 e. The zero-order valence-corrected chi connectivity index (χ0v) is 16.0. The van der Waals surface area contributed by atoms with Crippen LogP contribution < -0.4 is 9.47 Å². The normalized spacial score (nSPS) is 12.0. The smallest absolute Gasteiger partial charge is 0.161 e. The Labute approximate surface area is 146 Å². The molecule has 0 heterocycles. The maximum atomic E-state index is 5.40. The quantitative estimate of drug-likeness (QED) is 0.448. The lowest BCUT2D eigenvalue weighted by Gasteiger charge is -2.18. The summed E-state index contributed by atoms with van der Waals surface area (Å²) in [5.74, 6) is 1.44. The predicted octanol–water partition coefficient (Wildman–Crippen LogP) is 5.67. The van der Waals surface area contributed by atoms with Crippen molar-refractivity contribution < 1.29 is 9.47 Å². The first kappa shape index (κ1) is 16.7. The predicted molar refractivity (Wildman–Crippen MR) is 96.2 cm³/mol. The highest BCUT2D eigenvalue weighted by molar-refractivity contribution is 9.11. The molecule has 0 amide bonds. The maximum absolute atomic E-state index is 5.40. The third kappa shape index (κ3) is 3.58. The zero-order valence-electron chi connectivity index (χ0n) is 12.0. The van der Waals surface area contributed by atoms with Crippen LogP contribution in [-0.2, 0) is 0 Å². The van der Waals surface area contributed by atoms with Crippen molar-refractivity contribution in [2.75, 3.05) is 20.5 Å². The van der Waals surface area contributed by atoms with Crippen LogP contribution in [0.5, 0.6) is 11.5 Å². The first-order valence-corrected chi connectivity index (χ1v) is 9.24. The van der Waals surface area contributed by atoms with Crippen LogP contribution in [0.15, 0.2) is 45.8 Å². The summed E-state index contributed by atoms with van der Waals surface area (Å²) in [6.07, 6.45) is 2.09. The third-order valence-corrected chi connectivity index (χ3v) is 5.67. The second-order valence-electron chi connectivity index (χ2n) is 4.33. The lowest BCUT2D eigenvalue weighted by Crippen LogP contribution is -1.99. The molecule has 0 N–H and O–H groups in total. The van der Waals surface area contributed by atoms with Crippen molar-refractivity contribution in [3.8, 4) is 11.5 Å². The Hall–Kier alpha value is -0.650. The molecule has 1 unspecified atom stereocenters. The van der Waals surface area contributed by atoms with Crippen LogP contribution in [0.3, 0.4) is 0 Å². The molecule has 112 valence electrons. The topological polar surface area (TPSA) is 18.5 Å². The molecule has 0 fully saturated rings. The van der Waals surface area contributed by atoms with Gasteiger partial charge in [0.25, 0.3) is 0 Å². The van der Waals surface area contributed by atoms with Crippen LogP contribution >= 0.6 is 43.6 Å². The van der Waals surface area contributed by atoms with E-state index < -0.39 is 0 Å². The summed E-state index contributed by atoms with van der Waals surface area (Å²) in [6, 6.07) is 12.3. The van der Waals surface area contributed by atoms with Crippen molar-refractivity contribution >= 4 is 43.6 Å². The van der Waals surface area contributed by atoms with Gasteiger partial charge in [-0.2, -0.15) is 0 Å². The first-order valence-electron chi connectivity index (χ1n) is 6.30. The Morgan fingerprint density at radius 2 is 1.62 bits per heavy atom. The van der Waals surface area contributed by atoms with Crippen LogP contribution in [0.25, 0.3) is 0 Å². The Kier molecular flexibility index (Phi) is 6.02. The number of benzene rings is 2. The van der Waals surface area contributed by atoms with Crippen molar-refractivity contribution in [1.29, 1.82) is 0 Å². The fourth-order valence-corrected chi connectivity index (χ4v) is 4.53. The van der Waals surface area contributed by atoms with Gasteiger partial charge >= 0.3 is 0 Å². The second-order valence-corrected chi connectivity index (χ2v) is 6.95. The van der Waals surface area contributed by atoms with Crippen LogP contribution in [-0.4, -0.2) is 20.5 Å². The lowest BCUT2D eigenvalue weighted by molar-refractivity contribution is 0.354. The minimum atomic E-state index is 0.0790. The van der Waals surface area contributed by atoms with Gasteiger partial charge in [-0.25, -0.2) is 0 Å². The van der Waals surface area contributed by atoms with Gasteiger partial charge in [-0.1, -0.05) is 50.1 Å². The summed E-state index contributed by atoms with van der Waals surface area (Å²) < 4.78 is 11.7. The average Bonchev–Trinajstić information content (AvgIpc) is 2.53. The van der Waals surface area contributed by atoms with E-state index in [0.717, 1.165) is 15.8 Å². The molecule has 2 nitrogen and oxygen atoms in total. The van der Waals surface area contributed by atoms with Gasteiger partial charge in [0.2, 0.25) is 0 Å². The Bertz CT molecular complexity index is 632. The Morgan fingerprint density at radius 3 is 2.24 bits per heavy atom. The van der Waals surface area contributed by atoms with E-state index in [1.807, 2.05) is 12.1 Å². The van der Waals surface area contributed by atoms with Crippen LogP contribution in [0.1, 0.15) is 16.0 Å². The van der Waals surface area contributed by atoms with Crippen molar-refractivity contribution in [2.45, 2.75) is 9.72 Å². The third-order valence-electron chi connectivity index (χ3n) is 3.19. The lowest BCUT2D eigenvalue weighted by atomic mass is 10.0. The number of hydrogen-bond acceptors (Lipinski definition) is 3. The standard InChI is InChI=1S/C16H16Br2O2S/c1-19-13-8-11(12(17)9-14(13)20-2)16(18)10-6-4-5-7-15(10)21-3/h4-9,16H,1-3H3. The van der Waals surface area contributed by atoms with E-state index in [0.29, 0.717) is 5.75 Å². The molecule has 21 heavy (non-hydrogen) atoms. The molecule has 0 aliphatic rings. The number of methoxy groups -OCH3 is 2. The Balaban J connectivity index is 2.50. The van der Waals surface area contributed by atoms with E-state index in [2.05, 4.69) is 62.4 Å². The summed E-state index contributed by atoms with van der Waals surface area (Å²) in [7, 11) is 3.28. The summed E-state index contributed by atoms with van der Waals surface area (Å²) in [4.78, 5) is 1.33. The van der Waals surface area contributed by atoms with Crippen LogP contribution in [0, 0.1) is 0 Å². The van der Waals surface area contributed by atoms with E-state index in [9.17, 15) is 0 Å². The molecule has 0 aliphatic carbocycles. The highest BCUT2D eigenvalue weighted by Crippen LogP contribution is 2.43. The fraction of sp³-hybridized carbons (Fsp3) is 0.250. The fourth-order valence-electron chi connectivity index (χ4n) is 2.11. The van der Waals surface area contributed by atoms with Gasteiger partial charge in [-0.05, 0) is 35.6 Å². The Morgan fingerprint density at radius 1 is 1.00 bits per heavy atom. The van der Waals surface area contributed by atoms with Gasteiger partial charge < -0.3 is 9.47 Å². The number of ether oxygens (including phenoxy) is 2. The molecule has 0 radical (unpaired) electrons. The minimum absolute atomic E-state index is 0.0790. The molecule has 0 bridgehead atoms. The van der Waals surface area contributed by atoms with E-state index in [-0.39, 0.29) is 4.83 Å². The molecule has 0 aliphatic heterocycles. The van der Waals surface area contributed by atoms with E-state index in [4.69, 9.17) is 9.47 Å². The van der Waals surface area contributed by atoms with Crippen molar-refractivity contribution in [3.63, 3.8) is 0 Å². The van der Waals surface area contributed by atoms with Gasteiger partial charge in [-0.15, -0.1) is 11.8 Å². The van der Waals surface area contributed by atoms with Gasteiger partial charge in [-0.3, -0.25) is 0 Å². The monoisotopic (exact) mass is 430 g/mol. The van der Waals surface area contributed by atoms with Gasteiger partial charge in [0, 0.05) is 9.37 Å². The highest BCUT2D eigenvalue weighted by atomic mass is 79.9. The first-order chi connectivity index (χ1) is 10.1. The number of alkyl halides is 1. The summed E-state index contributed by atoms with van der Waals surface area (Å²) in [6.45, 7) is 0. The molecule has 0 saturated carbocycles. The molecule has 2 rings (SSSR count). The average molecular weight is 432 g/mol. The van der Waals surface area contributed by atoms with Gasteiger partial charge in [0.1, 0.15) is 0 Å². The molecule has 2 aromatic carbocycles.